The third-order valence-corrected chi connectivity index (χ3v) is 5.35. The molecule has 0 spiro atoms. The SMILES string of the molecule is Cc1cc(S(=O)(=O)N2CCC(N)CC2)ccc1C#N. The minimum absolute atomic E-state index is 0.0918. The molecular weight excluding hydrogens is 262 g/mol. The summed E-state index contributed by atoms with van der Waals surface area (Å²) < 4.78 is 26.4. The van der Waals surface area contributed by atoms with Crippen LogP contribution in [-0.2, 0) is 10.0 Å². The fourth-order valence-corrected chi connectivity index (χ4v) is 3.74. The van der Waals surface area contributed by atoms with E-state index in [1.54, 1.807) is 19.1 Å². The Morgan fingerprint density at radius 1 is 1.37 bits per heavy atom. The second-order valence-electron chi connectivity index (χ2n) is 4.83. The smallest absolute Gasteiger partial charge is 0.243 e. The van der Waals surface area contributed by atoms with E-state index in [1.165, 1.54) is 10.4 Å². The number of nitriles is 1. The van der Waals surface area contributed by atoms with Gasteiger partial charge in [-0.25, -0.2) is 8.42 Å². The van der Waals surface area contributed by atoms with Crippen molar-refractivity contribution in [1.82, 2.24) is 4.31 Å². The number of sulfonamides is 1. The van der Waals surface area contributed by atoms with Crippen LogP contribution in [0.25, 0.3) is 0 Å². The van der Waals surface area contributed by atoms with Crippen molar-refractivity contribution in [3.63, 3.8) is 0 Å². The predicted molar refractivity (Wildman–Crippen MR) is 71.9 cm³/mol. The molecule has 2 rings (SSSR count). The standard InChI is InChI=1S/C13H17N3O2S/c1-10-8-13(3-2-11(10)9-14)19(17,18)16-6-4-12(15)5-7-16/h2-3,8,12H,4-7,15H2,1H3. The van der Waals surface area contributed by atoms with Gasteiger partial charge in [-0.1, -0.05) is 0 Å². The first-order valence-corrected chi connectivity index (χ1v) is 7.65. The molecule has 0 unspecified atom stereocenters. The van der Waals surface area contributed by atoms with E-state index in [2.05, 4.69) is 0 Å². The Kier molecular flexibility index (Phi) is 3.90. The third kappa shape index (κ3) is 2.78. The van der Waals surface area contributed by atoms with E-state index < -0.39 is 10.0 Å². The third-order valence-electron chi connectivity index (χ3n) is 3.45. The second kappa shape index (κ2) is 5.29. The van der Waals surface area contributed by atoms with E-state index >= 15 is 0 Å². The van der Waals surface area contributed by atoms with Crippen LogP contribution in [0.2, 0.25) is 0 Å². The van der Waals surface area contributed by atoms with Crippen molar-refractivity contribution < 1.29 is 8.42 Å². The maximum atomic E-state index is 12.4. The van der Waals surface area contributed by atoms with E-state index in [1.807, 2.05) is 6.07 Å². The predicted octanol–water partition coefficient (Wildman–Crippen LogP) is 0.979. The molecular formula is C13H17N3O2S. The van der Waals surface area contributed by atoms with Crippen LogP contribution in [0.1, 0.15) is 24.0 Å². The lowest BCUT2D eigenvalue weighted by atomic mass is 10.1. The molecule has 1 fully saturated rings. The molecule has 102 valence electrons. The first-order valence-electron chi connectivity index (χ1n) is 6.21. The minimum Gasteiger partial charge on any atom is -0.328 e. The summed E-state index contributed by atoms with van der Waals surface area (Å²) in [5.74, 6) is 0. The molecule has 19 heavy (non-hydrogen) atoms. The number of aryl methyl sites for hydroxylation is 1. The zero-order valence-electron chi connectivity index (χ0n) is 10.8. The number of nitrogens with zero attached hydrogens (tertiary/aromatic N) is 2. The highest BCUT2D eigenvalue weighted by atomic mass is 32.2. The highest BCUT2D eigenvalue weighted by Crippen LogP contribution is 2.22. The van der Waals surface area contributed by atoms with Gasteiger partial charge in [0.25, 0.3) is 0 Å². The van der Waals surface area contributed by atoms with Gasteiger partial charge in [-0.3, -0.25) is 0 Å². The van der Waals surface area contributed by atoms with Crippen LogP contribution < -0.4 is 5.73 Å². The van der Waals surface area contributed by atoms with Crippen LogP contribution in [0.3, 0.4) is 0 Å². The van der Waals surface area contributed by atoms with Crippen molar-refractivity contribution in [2.24, 2.45) is 5.73 Å². The maximum absolute atomic E-state index is 12.4. The topological polar surface area (TPSA) is 87.2 Å². The number of hydrogen-bond acceptors (Lipinski definition) is 4. The Balaban J connectivity index is 2.30. The van der Waals surface area contributed by atoms with Gasteiger partial charge in [0, 0.05) is 19.1 Å². The monoisotopic (exact) mass is 279 g/mol. The van der Waals surface area contributed by atoms with E-state index in [4.69, 9.17) is 11.0 Å². The van der Waals surface area contributed by atoms with Crippen molar-refractivity contribution >= 4 is 10.0 Å². The molecule has 1 aromatic rings. The molecule has 1 saturated heterocycles. The first kappa shape index (κ1) is 14.0. The second-order valence-corrected chi connectivity index (χ2v) is 6.77. The molecule has 1 aliphatic rings. The molecule has 0 bridgehead atoms. The van der Waals surface area contributed by atoms with Gasteiger partial charge in [-0.15, -0.1) is 0 Å². The summed E-state index contributed by atoms with van der Waals surface area (Å²) in [6.07, 6.45) is 1.38. The summed E-state index contributed by atoms with van der Waals surface area (Å²) in [6, 6.07) is 6.73. The summed E-state index contributed by atoms with van der Waals surface area (Å²) in [6.45, 7) is 2.66. The Labute approximate surface area is 113 Å². The first-order chi connectivity index (χ1) is 8.95. The lowest BCUT2D eigenvalue weighted by molar-refractivity contribution is 0.320. The molecule has 0 amide bonds. The van der Waals surface area contributed by atoms with Gasteiger partial charge in [-0.2, -0.15) is 9.57 Å². The van der Waals surface area contributed by atoms with Crippen LogP contribution in [0.4, 0.5) is 0 Å². The fourth-order valence-electron chi connectivity index (χ4n) is 2.19. The molecule has 6 heteroatoms. The van der Waals surface area contributed by atoms with Crippen molar-refractivity contribution in [3.8, 4) is 6.07 Å². The Morgan fingerprint density at radius 2 is 2.00 bits per heavy atom. The highest BCUT2D eigenvalue weighted by molar-refractivity contribution is 7.89. The summed E-state index contributed by atoms with van der Waals surface area (Å²) in [4.78, 5) is 0.250. The molecule has 5 nitrogen and oxygen atoms in total. The normalized spacial score (nSPS) is 18.2. The molecule has 0 aliphatic carbocycles. The zero-order valence-corrected chi connectivity index (χ0v) is 11.7. The summed E-state index contributed by atoms with van der Waals surface area (Å²) in [5, 5.41) is 8.87. The zero-order chi connectivity index (χ0) is 14.0. The van der Waals surface area contributed by atoms with Gasteiger partial charge in [0.15, 0.2) is 0 Å². The van der Waals surface area contributed by atoms with Gasteiger partial charge in [0.1, 0.15) is 0 Å². The molecule has 1 aromatic carbocycles. The van der Waals surface area contributed by atoms with Gasteiger partial charge in [-0.05, 0) is 43.5 Å². The molecule has 1 heterocycles. The average molecular weight is 279 g/mol. The van der Waals surface area contributed by atoms with Crippen molar-refractivity contribution in [2.45, 2.75) is 30.7 Å². The summed E-state index contributed by atoms with van der Waals surface area (Å²) in [7, 11) is -3.46. The van der Waals surface area contributed by atoms with Gasteiger partial charge < -0.3 is 5.73 Å². The van der Waals surface area contributed by atoms with E-state index in [-0.39, 0.29) is 10.9 Å². The van der Waals surface area contributed by atoms with Crippen molar-refractivity contribution in [3.05, 3.63) is 29.3 Å². The van der Waals surface area contributed by atoms with Crippen molar-refractivity contribution in [1.29, 1.82) is 5.26 Å². The van der Waals surface area contributed by atoms with E-state index in [9.17, 15) is 8.42 Å². The average Bonchev–Trinajstić information content (AvgIpc) is 2.39. The van der Waals surface area contributed by atoms with E-state index in [0.29, 0.717) is 37.1 Å². The number of nitrogens with two attached hydrogens (primary N) is 1. The lowest BCUT2D eigenvalue weighted by Crippen LogP contribution is -2.42. The molecule has 2 N–H and O–H groups in total. The number of rotatable bonds is 2. The highest BCUT2D eigenvalue weighted by Gasteiger charge is 2.28. The maximum Gasteiger partial charge on any atom is 0.243 e. The number of hydrogen-bond donors (Lipinski definition) is 1. The molecule has 0 aromatic heterocycles. The van der Waals surface area contributed by atoms with Crippen LogP contribution in [0.15, 0.2) is 23.1 Å². The van der Waals surface area contributed by atoms with Crippen LogP contribution in [-0.4, -0.2) is 31.9 Å². The van der Waals surface area contributed by atoms with Crippen LogP contribution in [0, 0.1) is 18.3 Å². The fraction of sp³-hybridized carbons (Fsp3) is 0.462. The largest absolute Gasteiger partial charge is 0.328 e. The minimum atomic E-state index is -3.46. The van der Waals surface area contributed by atoms with Crippen molar-refractivity contribution in [2.75, 3.05) is 13.1 Å². The quantitative estimate of drug-likeness (QED) is 0.874. The molecule has 0 saturated carbocycles. The lowest BCUT2D eigenvalue weighted by Gasteiger charge is -2.29. The molecule has 0 atom stereocenters. The molecule has 0 radical (unpaired) electrons. The van der Waals surface area contributed by atoms with Crippen LogP contribution in [0.5, 0.6) is 0 Å². The van der Waals surface area contributed by atoms with E-state index in [0.717, 1.165) is 0 Å². The Morgan fingerprint density at radius 3 is 2.53 bits per heavy atom. The summed E-state index contributed by atoms with van der Waals surface area (Å²) in [5.41, 5.74) is 6.96. The van der Waals surface area contributed by atoms with Gasteiger partial charge in [0.05, 0.1) is 16.5 Å². The summed E-state index contributed by atoms with van der Waals surface area (Å²) >= 11 is 0. The number of piperidine rings is 1. The van der Waals surface area contributed by atoms with Gasteiger partial charge >= 0.3 is 0 Å². The van der Waals surface area contributed by atoms with Gasteiger partial charge in [0.2, 0.25) is 10.0 Å². The Hall–Kier alpha value is -1.42. The van der Waals surface area contributed by atoms with Crippen LogP contribution >= 0.6 is 0 Å². The molecule has 1 aliphatic heterocycles. The Bertz CT molecular complexity index is 611. The number of benzene rings is 1.